The molecule has 1 atom stereocenters. The van der Waals surface area contributed by atoms with E-state index in [-0.39, 0.29) is 30.7 Å². The molecule has 0 radical (unpaired) electrons. The van der Waals surface area contributed by atoms with Crippen LogP contribution in [-0.2, 0) is 16.0 Å². The van der Waals surface area contributed by atoms with E-state index >= 15 is 0 Å². The number of para-hydroxylation sites is 2. The lowest BCUT2D eigenvalue weighted by molar-refractivity contribution is -0.138. The van der Waals surface area contributed by atoms with Gasteiger partial charge < -0.3 is 9.64 Å². The predicted octanol–water partition coefficient (Wildman–Crippen LogP) is 2.44. The summed E-state index contributed by atoms with van der Waals surface area (Å²) in [5, 5.41) is 0. The Bertz CT molecular complexity index is 1000. The fourth-order valence-corrected chi connectivity index (χ4v) is 4.32. The molecule has 6 heteroatoms. The number of rotatable bonds is 6. The van der Waals surface area contributed by atoms with Crippen molar-refractivity contribution in [2.75, 3.05) is 51.3 Å². The summed E-state index contributed by atoms with van der Waals surface area (Å²) < 4.78 is 5.47. The number of nitrogens with zero attached hydrogens (tertiary/aromatic N) is 3. The Kier molecular flexibility index (Phi) is 7.08. The zero-order chi connectivity index (χ0) is 22.3. The number of amides is 2. The van der Waals surface area contributed by atoms with Gasteiger partial charge >= 0.3 is 0 Å². The molecule has 1 unspecified atom stereocenters. The molecular weight excluding hydrogens is 402 g/mol. The number of carbonyl (C=O) groups excluding carboxylic acids is 2. The topological polar surface area (TPSA) is 53.1 Å². The van der Waals surface area contributed by atoms with E-state index in [1.807, 2.05) is 48.5 Å². The number of ether oxygens (including phenoxy) is 1. The van der Waals surface area contributed by atoms with Crippen molar-refractivity contribution < 1.29 is 14.3 Å². The van der Waals surface area contributed by atoms with E-state index < -0.39 is 0 Å². The van der Waals surface area contributed by atoms with E-state index in [2.05, 4.69) is 27.7 Å². The Balaban J connectivity index is 1.24. The normalized spacial score (nSPS) is 19.1. The molecule has 166 valence electrons. The lowest BCUT2D eigenvalue weighted by atomic mass is 9.98. The van der Waals surface area contributed by atoms with Gasteiger partial charge in [-0.25, -0.2) is 0 Å². The van der Waals surface area contributed by atoms with Gasteiger partial charge in [0.05, 0.1) is 31.8 Å². The lowest BCUT2D eigenvalue weighted by Crippen LogP contribution is -2.46. The highest BCUT2D eigenvalue weighted by atomic mass is 16.5. The molecule has 2 saturated heterocycles. The average molecular weight is 432 g/mol. The van der Waals surface area contributed by atoms with Gasteiger partial charge in [0.2, 0.25) is 11.8 Å². The molecule has 2 aromatic rings. The molecule has 0 saturated carbocycles. The van der Waals surface area contributed by atoms with Crippen molar-refractivity contribution in [1.29, 1.82) is 0 Å². The van der Waals surface area contributed by atoms with Crippen molar-refractivity contribution in [2.45, 2.75) is 12.8 Å². The number of hydrogen-bond donors (Lipinski definition) is 0. The van der Waals surface area contributed by atoms with Crippen LogP contribution in [0.1, 0.15) is 12.0 Å². The van der Waals surface area contributed by atoms with Gasteiger partial charge in [0.25, 0.3) is 0 Å². The Labute approximate surface area is 189 Å². The van der Waals surface area contributed by atoms with E-state index in [4.69, 9.17) is 4.74 Å². The summed E-state index contributed by atoms with van der Waals surface area (Å²) in [6, 6.07) is 17.9. The van der Waals surface area contributed by atoms with Crippen LogP contribution in [0.5, 0.6) is 5.75 Å². The number of methoxy groups -OCH3 is 1. The van der Waals surface area contributed by atoms with Gasteiger partial charge in [-0.2, -0.15) is 0 Å². The van der Waals surface area contributed by atoms with Gasteiger partial charge in [-0.1, -0.05) is 54.3 Å². The SMILES string of the molecule is COc1ccccc1N1CCN(CC#CCN2C(=O)CC(Cc3ccccc3)C2=O)CC1. The number of benzene rings is 2. The van der Waals surface area contributed by atoms with E-state index in [1.54, 1.807) is 7.11 Å². The first-order valence-electron chi connectivity index (χ1n) is 11.1. The Morgan fingerprint density at radius 3 is 2.34 bits per heavy atom. The quantitative estimate of drug-likeness (QED) is 0.520. The maximum atomic E-state index is 12.7. The monoisotopic (exact) mass is 431 g/mol. The summed E-state index contributed by atoms with van der Waals surface area (Å²) in [5.74, 6) is 6.60. The third-order valence-electron chi connectivity index (χ3n) is 6.13. The lowest BCUT2D eigenvalue weighted by Gasteiger charge is -2.35. The minimum Gasteiger partial charge on any atom is -0.495 e. The largest absolute Gasteiger partial charge is 0.495 e. The van der Waals surface area contributed by atoms with Crippen molar-refractivity contribution in [3.05, 3.63) is 60.2 Å². The molecule has 32 heavy (non-hydrogen) atoms. The summed E-state index contributed by atoms with van der Waals surface area (Å²) in [6.07, 6.45) is 0.881. The van der Waals surface area contributed by atoms with Crippen LogP contribution in [0.25, 0.3) is 0 Å². The molecule has 6 nitrogen and oxygen atoms in total. The van der Waals surface area contributed by atoms with Crippen LogP contribution in [0.15, 0.2) is 54.6 Å². The van der Waals surface area contributed by atoms with Gasteiger partial charge in [0.15, 0.2) is 0 Å². The summed E-state index contributed by atoms with van der Waals surface area (Å²) in [6.45, 7) is 4.47. The molecule has 0 aromatic heterocycles. The highest BCUT2D eigenvalue weighted by Crippen LogP contribution is 2.28. The molecule has 2 aromatic carbocycles. The molecule has 0 aliphatic carbocycles. The highest BCUT2D eigenvalue weighted by Gasteiger charge is 2.37. The van der Waals surface area contributed by atoms with Crippen LogP contribution in [-0.4, -0.2) is 68.0 Å². The van der Waals surface area contributed by atoms with E-state index in [0.29, 0.717) is 13.0 Å². The third-order valence-corrected chi connectivity index (χ3v) is 6.13. The van der Waals surface area contributed by atoms with E-state index in [1.165, 1.54) is 4.90 Å². The fourth-order valence-electron chi connectivity index (χ4n) is 4.32. The second kappa shape index (κ2) is 10.3. The molecule has 2 aliphatic rings. The second-order valence-electron chi connectivity index (χ2n) is 8.20. The molecule has 0 bridgehead atoms. The van der Waals surface area contributed by atoms with Crippen molar-refractivity contribution in [3.63, 3.8) is 0 Å². The summed E-state index contributed by atoms with van der Waals surface area (Å²) in [4.78, 5) is 30.9. The van der Waals surface area contributed by atoms with Crippen molar-refractivity contribution in [2.24, 2.45) is 5.92 Å². The van der Waals surface area contributed by atoms with Crippen molar-refractivity contribution >= 4 is 17.5 Å². The Hall–Kier alpha value is -3.30. The number of carbonyl (C=O) groups is 2. The fraction of sp³-hybridized carbons (Fsp3) is 0.385. The van der Waals surface area contributed by atoms with Gasteiger partial charge in [-0.3, -0.25) is 19.4 Å². The summed E-state index contributed by atoms with van der Waals surface area (Å²) in [5.41, 5.74) is 2.20. The molecule has 0 spiro atoms. The first-order chi connectivity index (χ1) is 15.7. The molecular formula is C26H29N3O3. The van der Waals surface area contributed by atoms with Crippen molar-refractivity contribution in [3.8, 4) is 17.6 Å². The van der Waals surface area contributed by atoms with Crippen LogP contribution in [0.4, 0.5) is 5.69 Å². The molecule has 4 rings (SSSR count). The van der Waals surface area contributed by atoms with Crippen LogP contribution < -0.4 is 9.64 Å². The van der Waals surface area contributed by atoms with Crippen LogP contribution in [0.2, 0.25) is 0 Å². The summed E-state index contributed by atoms with van der Waals surface area (Å²) in [7, 11) is 1.70. The highest BCUT2D eigenvalue weighted by molar-refractivity contribution is 6.03. The molecule has 2 heterocycles. The van der Waals surface area contributed by atoms with Crippen molar-refractivity contribution in [1.82, 2.24) is 9.80 Å². The number of imide groups is 1. The standard InChI is InChI=1S/C26H29N3O3/c1-32-24-12-6-5-11-23(24)28-17-15-27(16-18-28)13-7-8-14-29-25(30)20-22(26(29)31)19-21-9-3-2-4-10-21/h2-6,9-12,22H,13-20H2,1H3. The maximum absolute atomic E-state index is 12.7. The zero-order valence-corrected chi connectivity index (χ0v) is 18.5. The van der Waals surface area contributed by atoms with Gasteiger partial charge in [0, 0.05) is 32.6 Å². The minimum atomic E-state index is -0.269. The predicted molar refractivity (Wildman–Crippen MR) is 124 cm³/mol. The van der Waals surface area contributed by atoms with E-state index in [0.717, 1.165) is 43.2 Å². The Morgan fingerprint density at radius 2 is 1.59 bits per heavy atom. The number of piperazine rings is 1. The Morgan fingerprint density at radius 1 is 0.906 bits per heavy atom. The molecule has 2 fully saturated rings. The second-order valence-corrected chi connectivity index (χ2v) is 8.20. The van der Waals surface area contributed by atoms with Gasteiger partial charge in [-0.15, -0.1) is 0 Å². The van der Waals surface area contributed by atoms with Crippen LogP contribution >= 0.6 is 0 Å². The zero-order valence-electron chi connectivity index (χ0n) is 18.5. The first-order valence-corrected chi connectivity index (χ1v) is 11.1. The summed E-state index contributed by atoms with van der Waals surface area (Å²) >= 11 is 0. The average Bonchev–Trinajstić information content (AvgIpc) is 3.10. The van der Waals surface area contributed by atoms with Gasteiger partial charge in [-0.05, 0) is 24.1 Å². The van der Waals surface area contributed by atoms with Crippen LogP contribution in [0.3, 0.4) is 0 Å². The number of hydrogen-bond acceptors (Lipinski definition) is 5. The third kappa shape index (κ3) is 5.12. The van der Waals surface area contributed by atoms with Crippen LogP contribution in [0, 0.1) is 17.8 Å². The number of anilines is 1. The maximum Gasteiger partial charge on any atom is 0.233 e. The molecule has 0 N–H and O–H groups in total. The smallest absolute Gasteiger partial charge is 0.233 e. The minimum absolute atomic E-state index is 0.0985. The first kappa shape index (κ1) is 21.9. The number of likely N-dealkylation sites (tertiary alicyclic amines) is 1. The van der Waals surface area contributed by atoms with E-state index in [9.17, 15) is 9.59 Å². The molecule has 2 aliphatic heterocycles. The van der Waals surface area contributed by atoms with Gasteiger partial charge in [0.1, 0.15) is 5.75 Å². The molecule has 2 amide bonds.